The van der Waals surface area contributed by atoms with Crippen LogP contribution in [0.3, 0.4) is 0 Å². The smallest absolute Gasteiger partial charge is 0.326 e. The van der Waals surface area contributed by atoms with Crippen LogP contribution in [0.15, 0.2) is 77.0 Å². The Labute approximate surface area is 209 Å². The molecule has 0 bridgehead atoms. The van der Waals surface area contributed by atoms with E-state index >= 15 is 0 Å². The van der Waals surface area contributed by atoms with Gasteiger partial charge in [-0.05, 0) is 74.7 Å². The van der Waals surface area contributed by atoms with Gasteiger partial charge in [0.1, 0.15) is 0 Å². The van der Waals surface area contributed by atoms with E-state index in [1.54, 1.807) is 17.0 Å². The van der Waals surface area contributed by atoms with Crippen LogP contribution in [0, 0.1) is 20.8 Å². The summed E-state index contributed by atoms with van der Waals surface area (Å²) < 4.78 is 5.78. The molecule has 1 aromatic heterocycles. The number of aromatic nitrogens is 2. The Hall–Kier alpha value is -3.90. The van der Waals surface area contributed by atoms with Crippen molar-refractivity contribution < 1.29 is 9.32 Å². The zero-order valence-electron chi connectivity index (χ0n) is 20.0. The lowest BCUT2D eigenvalue weighted by atomic mass is 9.94. The molecule has 0 saturated carbocycles. The van der Waals surface area contributed by atoms with Gasteiger partial charge in [0.2, 0.25) is 5.82 Å². The number of hydrogen-bond donors (Lipinski definition) is 1. The lowest BCUT2D eigenvalue weighted by Gasteiger charge is -2.35. The number of carbonyl (C=O) groups excluding carboxylic acids is 1. The number of nitrogens with one attached hydrogen (secondary N) is 1. The molecule has 176 valence electrons. The average Bonchev–Trinajstić information content (AvgIpc) is 3.31. The van der Waals surface area contributed by atoms with E-state index in [9.17, 15) is 4.79 Å². The molecule has 0 radical (unpaired) electrons. The van der Waals surface area contributed by atoms with Crippen LogP contribution < -0.4 is 10.2 Å². The first-order valence-corrected chi connectivity index (χ1v) is 11.7. The maximum atomic E-state index is 13.4. The molecule has 6 nitrogen and oxygen atoms in total. The Morgan fingerprint density at radius 1 is 0.943 bits per heavy atom. The molecule has 1 aliphatic heterocycles. The van der Waals surface area contributed by atoms with Crippen LogP contribution in [0.2, 0.25) is 5.02 Å². The van der Waals surface area contributed by atoms with Gasteiger partial charge in [0.15, 0.2) is 0 Å². The molecule has 1 unspecified atom stereocenters. The maximum Gasteiger partial charge on any atom is 0.326 e. The average molecular weight is 485 g/mol. The van der Waals surface area contributed by atoms with Crippen LogP contribution in [0.25, 0.3) is 17.0 Å². The number of benzene rings is 3. The summed E-state index contributed by atoms with van der Waals surface area (Å²) in [5.41, 5.74) is 7.32. The molecular weight excluding hydrogens is 460 g/mol. The topological polar surface area (TPSA) is 71.3 Å². The summed E-state index contributed by atoms with van der Waals surface area (Å²) >= 11 is 6.13. The van der Waals surface area contributed by atoms with Crippen LogP contribution in [0.1, 0.15) is 41.1 Å². The van der Waals surface area contributed by atoms with E-state index in [0.29, 0.717) is 16.7 Å². The Morgan fingerprint density at radius 3 is 2.43 bits per heavy atom. The number of allylic oxidation sites excluding steroid dienone is 1. The SMILES string of the molecule is CC1=C(c2nc(-c3cccc(C)c3)no2)C(c2ccc(Cl)cc2)NC(=O)N1c1ccc(C)c(C)c1. The van der Waals surface area contributed by atoms with Gasteiger partial charge in [-0.25, -0.2) is 4.79 Å². The van der Waals surface area contributed by atoms with Gasteiger partial charge in [-0.15, -0.1) is 0 Å². The highest BCUT2D eigenvalue weighted by Gasteiger charge is 2.36. The minimum absolute atomic E-state index is 0.229. The minimum Gasteiger partial charge on any atom is -0.334 e. The van der Waals surface area contributed by atoms with Crippen molar-refractivity contribution in [1.29, 1.82) is 0 Å². The number of urea groups is 1. The van der Waals surface area contributed by atoms with E-state index in [1.165, 1.54) is 0 Å². The summed E-state index contributed by atoms with van der Waals surface area (Å²) in [5, 5.41) is 8.00. The van der Waals surface area contributed by atoms with Crippen LogP contribution in [0.4, 0.5) is 10.5 Å². The number of halogens is 1. The predicted octanol–water partition coefficient (Wildman–Crippen LogP) is 7.02. The summed E-state index contributed by atoms with van der Waals surface area (Å²) in [7, 11) is 0. The largest absolute Gasteiger partial charge is 0.334 e. The summed E-state index contributed by atoms with van der Waals surface area (Å²) in [6.45, 7) is 8.00. The van der Waals surface area contributed by atoms with Crippen molar-refractivity contribution in [3.8, 4) is 11.4 Å². The van der Waals surface area contributed by atoms with Gasteiger partial charge in [-0.3, -0.25) is 4.90 Å². The molecule has 1 atom stereocenters. The molecule has 35 heavy (non-hydrogen) atoms. The standard InChI is InChI=1S/C28H25ClN4O2/c1-16-6-5-7-21(14-16)26-31-27(35-32-26)24-19(4)33(23-13-8-17(2)18(3)15-23)28(34)30-25(24)20-9-11-22(29)12-10-20/h5-15,25H,1-4H3,(H,30,34). The number of rotatable bonds is 4. The quantitative estimate of drug-likeness (QED) is 0.338. The molecule has 5 rings (SSSR count). The monoisotopic (exact) mass is 484 g/mol. The molecule has 0 spiro atoms. The second kappa shape index (κ2) is 9.04. The molecule has 4 aromatic rings. The zero-order chi connectivity index (χ0) is 24.7. The zero-order valence-corrected chi connectivity index (χ0v) is 20.7. The Bertz CT molecular complexity index is 1460. The van der Waals surface area contributed by atoms with E-state index in [1.807, 2.05) is 82.3 Å². The molecule has 0 aliphatic carbocycles. The molecule has 2 heterocycles. The van der Waals surface area contributed by atoms with Crippen molar-refractivity contribution in [2.45, 2.75) is 33.7 Å². The van der Waals surface area contributed by atoms with Crippen molar-refractivity contribution >= 4 is 28.9 Å². The summed E-state index contributed by atoms with van der Waals surface area (Å²) in [4.78, 5) is 19.8. The van der Waals surface area contributed by atoms with E-state index in [4.69, 9.17) is 21.1 Å². The van der Waals surface area contributed by atoms with Crippen molar-refractivity contribution in [2.75, 3.05) is 4.90 Å². The third-order valence-electron chi connectivity index (χ3n) is 6.37. The fraction of sp³-hybridized carbons (Fsp3) is 0.179. The summed E-state index contributed by atoms with van der Waals surface area (Å²) in [6, 6.07) is 20.6. The maximum absolute atomic E-state index is 13.4. The molecule has 1 N–H and O–H groups in total. The van der Waals surface area contributed by atoms with Crippen molar-refractivity contribution in [1.82, 2.24) is 15.5 Å². The molecule has 1 aliphatic rings. The second-order valence-corrected chi connectivity index (χ2v) is 9.27. The fourth-order valence-electron chi connectivity index (χ4n) is 4.34. The molecular formula is C28H25ClN4O2. The Balaban J connectivity index is 1.66. The number of nitrogens with zero attached hydrogens (tertiary/aromatic N) is 3. The Kier molecular flexibility index (Phi) is 5.91. The molecule has 7 heteroatoms. The number of carbonyl (C=O) groups is 1. The Morgan fingerprint density at radius 2 is 1.71 bits per heavy atom. The molecule has 3 aromatic carbocycles. The number of anilines is 1. The van der Waals surface area contributed by atoms with Gasteiger partial charge in [0.25, 0.3) is 5.89 Å². The summed E-state index contributed by atoms with van der Waals surface area (Å²) in [5.74, 6) is 0.848. The first kappa shape index (κ1) is 22.9. The van der Waals surface area contributed by atoms with Crippen LogP contribution in [0.5, 0.6) is 0 Å². The number of aryl methyl sites for hydroxylation is 3. The lowest BCUT2D eigenvalue weighted by molar-refractivity contribution is 0.244. The highest BCUT2D eigenvalue weighted by atomic mass is 35.5. The van der Waals surface area contributed by atoms with Gasteiger partial charge >= 0.3 is 6.03 Å². The highest BCUT2D eigenvalue weighted by molar-refractivity contribution is 6.30. The van der Waals surface area contributed by atoms with Gasteiger partial charge in [0.05, 0.1) is 17.3 Å². The number of hydrogen-bond acceptors (Lipinski definition) is 4. The van der Waals surface area contributed by atoms with Gasteiger partial charge < -0.3 is 9.84 Å². The molecule has 0 saturated heterocycles. The van der Waals surface area contributed by atoms with Crippen LogP contribution >= 0.6 is 11.6 Å². The summed E-state index contributed by atoms with van der Waals surface area (Å²) in [6.07, 6.45) is 0. The van der Waals surface area contributed by atoms with Gasteiger partial charge in [-0.2, -0.15) is 4.98 Å². The second-order valence-electron chi connectivity index (χ2n) is 8.83. The molecule has 0 fully saturated rings. The predicted molar refractivity (Wildman–Crippen MR) is 138 cm³/mol. The molecule has 2 amide bonds. The van der Waals surface area contributed by atoms with E-state index in [2.05, 4.69) is 10.5 Å². The number of amides is 2. The van der Waals surface area contributed by atoms with Crippen molar-refractivity contribution in [2.24, 2.45) is 0 Å². The van der Waals surface area contributed by atoms with E-state index < -0.39 is 6.04 Å². The van der Waals surface area contributed by atoms with Gasteiger partial charge in [-0.1, -0.05) is 58.7 Å². The highest BCUT2D eigenvalue weighted by Crippen LogP contribution is 2.39. The first-order chi connectivity index (χ1) is 16.8. The van der Waals surface area contributed by atoms with Crippen LogP contribution in [-0.2, 0) is 0 Å². The van der Waals surface area contributed by atoms with E-state index in [0.717, 1.165) is 44.8 Å². The lowest BCUT2D eigenvalue weighted by Crippen LogP contribution is -2.46. The first-order valence-electron chi connectivity index (χ1n) is 11.4. The van der Waals surface area contributed by atoms with Crippen molar-refractivity contribution in [3.63, 3.8) is 0 Å². The minimum atomic E-state index is -0.478. The van der Waals surface area contributed by atoms with Crippen LogP contribution in [-0.4, -0.2) is 16.2 Å². The third kappa shape index (κ3) is 4.33. The third-order valence-corrected chi connectivity index (χ3v) is 6.62. The normalized spacial score (nSPS) is 16.0. The van der Waals surface area contributed by atoms with Crippen molar-refractivity contribution in [3.05, 3.63) is 106 Å². The van der Waals surface area contributed by atoms with Gasteiger partial charge in [0, 0.05) is 16.3 Å². The fourth-order valence-corrected chi connectivity index (χ4v) is 4.46. The van der Waals surface area contributed by atoms with E-state index in [-0.39, 0.29) is 6.03 Å².